The first-order valence-electron chi connectivity index (χ1n) is 8.55. The van der Waals surface area contributed by atoms with Crippen molar-refractivity contribution in [2.75, 3.05) is 16.8 Å². The molecule has 6 nitrogen and oxygen atoms in total. The van der Waals surface area contributed by atoms with Gasteiger partial charge in [-0.1, -0.05) is 6.07 Å². The van der Waals surface area contributed by atoms with Crippen molar-refractivity contribution in [1.29, 1.82) is 0 Å². The molecule has 2 amide bonds. The molecule has 1 aliphatic rings. The summed E-state index contributed by atoms with van der Waals surface area (Å²) in [6.07, 6.45) is 0. The Bertz CT molecular complexity index is 1050. The highest BCUT2D eigenvalue weighted by Gasteiger charge is 2.26. The van der Waals surface area contributed by atoms with Crippen molar-refractivity contribution in [3.63, 3.8) is 0 Å². The lowest BCUT2D eigenvalue weighted by Crippen LogP contribution is -2.38. The van der Waals surface area contributed by atoms with E-state index in [1.807, 2.05) is 25.1 Å². The number of halogens is 1. The van der Waals surface area contributed by atoms with E-state index in [1.165, 1.54) is 35.6 Å². The van der Waals surface area contributed by atoms with Crippen LogP contribution in [0, 0.1) is 12.7 Å². The van der Waals surface area contributed by atoms with E-state index in [0.717, 1.165) is 5.56 Å². The number of aromatic nitrogens is 1. The predicted octanol–water partition coefficient (Wildman–Crippen LogP) is 3.77. The Morgan fingerprint density at radius 1 is 1.29 bits per heavy atom. The zero-order chi connectivity index (χ0) is 19.7. The minimum Gasteiger partial charge on any atom is -0.482 e. The summed E-state index contributed by atoms with van der Waals surface area (Å²) in [5.41, 5.74) is 2.46. The molecule has 0 bridgehead atoms. The molecule has 8 heteroatoms. The van der Waals surface area contributed by atoms with Crippen LogP contribution < -0.4 is 15.0 Å². The van der Waals surface area contributed by atoms with Gasteiger partial charge in [0, 0.05) is 11.1 Å². The van der Waals surface area contributed by atoms with Crippen LogP contribution in [-0.4, -0.2) is 23.4 Å². The summed E-state index contributed by atoms with van der Waals surface area (Å²) in [7, 11) is 0. The quantitative estimate of drug-likeness (QED) is 0.728. The topological polar surface area (TPSA) is 71.5 Å². The fourth-order valence-corrected chi connectivity index (χ4v) is 3.60. The summed E-state index contributed by atoms with van der Waals surface area (Å²) in [4.78, 5) is 30.6. The molecule has 1 aromatic heterocycles. The highest BCUT2D eigenvalue weighted by molar-refractivity contribution is 7.09. The van der Waals surface area contributed by atoms with E-state index in [4.69, 9.17) is 4.74 Å². The summed E-state index contributed by atoms with van der Waals surface area (Å²) < 4.78 is 18.5. The van der Waals surface area contributed by atoms with E-state index < -0.39 is 5.91 Å². The molecule has 0 atom stereocenters. The first-order chi connectivity index (χ1) is 13.5. The molecule has 0 radical (unpaired) electrons. The molecular formula is C20H16FN3O3S. The smallest absolute Gasteiger partial charge is 0.275 e. The van der Waals surface area contributed by atoms with Gasteiger partial charge in [0.05, 0.1) is 12.2 Å². The van der Waals surface area contributed by atoms with Gasteiger partial charge < -0.3 is 10.1 Å². The Labute approximate surface area is 164 Å². The number of amides is 2. The van der Waals surface area contributed by atoms with Crippen LogP contribution in [0.4, 0.5) is 15.8 Å². The second-order valence-corrected chi connectivity index (χ2v) is 7.27. The summed E-state index contributed by atoms with van der Waals surface area (Å²) in [5.74, 6) is -0.271. The Morgan fingerprint density at radius 2 is 2.07 bits per heavy atom. The van der Waals surface area contributed by atoms with Gasteiger partial charge >= 0.3 is 0 Å². The van der Waals surface area contributed by atoms with Crippen LogP contribution in [0.25, 0.3) is 0 Å². The number of ether oxygens (including phenoxy) is 1. The Kier molecular flexibility index (Phi) is 4.79. The molecule has 0 saturated heterocycles. The number of nitrogens with zero attached hydrogens (tertiary/aromatic N) is 2. The average molecular weight is 397 g/mol. The minimum absolute atomic E-state index is 0.0280. The maximum atomic E-state index is 13.0. The maximum Gasteiger partial charge on any atom is 0.275 e. The molecule has 3 aromatic rings. The number of rotatable bonds is 4. The van der Waals surface area contributed by atoms with Gasteiger partial charge in [-0.25, -0.2) is 9.37 Å². The van der Waals surface area contributed by atoms with Crippen molar-refractivity contribution in [1.82, 2.24) is 4.98 Å². The minimum atomic E-state index is -0.390. The zero-order valence-corrected chi connectivity index (χ0v) is 15.8. The lowest BCUT2D eigenvalue weighted by Gasteiger charge is -2.28. The average Bonchev–Trinajstić information content (AvgIpc) is 3.15. The Balaban J connectivity index is 1.50. The van der Waals surface area contributed by atoms with Crippen molar-refractivity contribution >= 4 is 34.5 Å². The van der Waals surface area contributed by atoms with Crippen LogP contribution >= 0.6 is 11.3 Å². The van der Waals surface area contributed by atoms with Crippen molar-refractivity contribution in [2.24, 2.45) is 0 Å². The zero-order valence-electron chi connectivity index (χ0n) is 14.9. The second kappa shape index (κ2) is 7.40. The monoisotopic (exact) mass is 397 g/mol. The van der Waals surface area contributed by atoms with Gasteiger partial charge in [-0.2, -0.15) is 0 Å². The first kappa shape index (κ1) is 18.1. The maximum absolute atomic E-state index is 13.0. The van der Waals surface area contributed by atoms with Gasteiger partial charge in [-0.05, 0) is 48.9 Å². The fraction of sp³-hybridized carbons (Fsp3) is 0.150. The summed E-state index contributed by atoms with van der Waals surface area (Å²) in [6, 6.07) is 11.1. The molecule has 28 heavy (non-hydrogen) atoms. The van der Waals surface area contributed by atoms with Crippen LogP contribution in [0.5, 0.6) is 5.75 Å². The molecule has 0 unspecified atom stereocenters. The molecular weight excluding hydrogens is 381 g/mol. The van der Waals surface area contributed by atoms with Crippen LogP contribution in [0.2, 0.25) is 0 Å². The standard InChI is InChI=1S/C20H16FN3O3S/c1-12-2-7-16-17(8-12)27-10-19(25)24(16)9-18-23-15(11-28-18)20(26)22-14-5-3-13(21)4-6-14/h2-8,11H,9-10H2,1H3,(H,22,26). The van der Waals surface area contributed by atoms with Crippen molar-refractivity contribution in [3.05, 3.63) is 69.9 Å². The number of hydrogen-bond donors (Lipinski definition) is 1. The number of benzene rings is 2. The molecule has 4 rings (SSSR count). The Hall–Kier alpha value is -3.26. The number of aryl methyl sites for hydroxylation is 1. The Morgan fingerprint density at radius 3 is 2.86 bits per heavy atom. The van der Waals surface area contributed by atoms with Gasteiger partial charge in [0.15, 0.2) is 6.61 Å². The molecule has 0 fully saturated rings. The van der Waals surface area contributed by atoms with Crippen molar-refractivity contribution in [2.45, 2.75) is 13.5 Å². The molecule has 2 aromatic carbocycles. The lowest BCUT2D eigenvalue weighted by atomic mass is 10.1. The third-order valence-corrected chi connectivity index (χ3v) is 5.07. The van der Waals surface area contributed by atoms with Crippen LogP contribution in [0.1, 0.15) is 21.1 Å². The summed E-state index contributed by atoms with van der Waals surface area (Å²) >= 11 is 1.30. The van der Waals surface area contributed by atoms with Crippen molar-refractivity contribution in [3.8, 4) is 5.75 Å². The van der Waals surface area contributed by atoms with E-state index in [2.05, 4.69) is 10.3 Å². The van der Waals surface area contributed by atoms with Gasteiger partial charge in [-0.3, -0.25) is 14.5 Å². The largest absolute Gasteiger partial charge is 0.482 e. The van der Waals surface area contributed by atoms with Gasteiger partial charge in [-0.15, -0.1) is 11.3 Å². The van der Waals surface area contributed by atoms with Gasteiger partial charge in [0.1, 0.15) is 22.3 Å². The highest BCUT2D eigenvalue weighted by atomic mass is 32.1. The van der Waals surface area contributed by atoms with E-state index in [-0.39, 0.29) is 30.6 Å². The molecule has 1 aliphatic heterocycles. The number of carbonyl (C=O) groups is 2. The van der Waals surface area contributed by atoms with Crippen molar-refractivity contribution < 1.29 is 18.7 Å². The third kappa shape index (κ3) is 3.72. The number of carbonyl (C=O) groups excluding carboxylic acids is 2. The molecule has 1 N–H and O–H groups in total. The van der Waals surface area contributed by atoms with Crippen LogP contribution in [0.15, 0.2) is 47.8 Å². The van der Waals surface area contributed by atoms with E-state index >= 15 is 0 Å². The van der Waals surface area contributed by atoms with Gasteiger partial charge in [0.25, 0.3) is 11.8 Å². The fourth-order valence-electron chi connectivity index (χ4n) is 2.84. The second-order valence-electron chi connectivity index (χ2n) is 6.33. The predicted molar refractivity (Wildman–Crippen MR) is 104 cm³/mol. The SMILES string of the molecule is Cc1ccc2c(c1)OCC(=O)N2Cc1nc(C(=O)Nc2ccc(F)cc2)cs1. The number of thiazole rings is 1. The molecule has 0 spiro atoms. The normalized spacial score (nSPS) is 13.1. The first-order valence-corrected chi connectivity index (χ1v) is 9.43. The molecule has 142 valence electrons. The molecule has 0 saturated carbocycles. The third-order valence-electron chi connectivity index (χ3n) is 4.24. The van der Waals surface area contributed by atoms with E-state index in [1.54, 1.807) is 10.3 Å². The van der Waals surface area contributed by atoms with Crippen LogP contribution in [0.3, 0.4) is 0 Å². The number of nitrogens with one attached hydrogen (secondary N) is 1. The summed E-state index contributed by atoms with van der Waals surface area (Å²) in [6.45, 7) is 2.18. The van der Waals surface area contributed by atoms with Gasteiger partial charge in [0.2, 0.25) is 0 Å². The molecule has 0 aliphatic carbocycles. The molecule has 2 heterocycles. The number of hydrogen-bond acceptors (Lipinski definition) is 5. The lowest BCUT2D eigenvalue weighted by molar-refractivity contribution is -0.121. The van der Waals surface area contributed by atoms with Crippen LogP contribution in [-0.2, 0) is 11.3 Å². The van der Waals surface area contributed by atoms with E-state index in [9.17, 15) is 14.0 Å². The number of anilines is 2. The van der Waals surface area contributed by atoms with E-state index in [0.29, 0.717) is 22.1 Å². The summed E-state index contributed by atoms with van der Waals surface area (Å²) in [5, 5.41) is 4.94. The number of fused-ring (bicyclic) bond motifs is 1. The highest BCUT2D eigenvalue weighted by Crippen LogP contribution is 2.34.